The fraction of sp³-hybridized carbons (Fsp3) is 0.333. The van der Waals surface area contributed by atoms with Gasteiger partial charge in [-0.2, -0.15) is 13.2 Å². The lowest BCUT2D eigenvalue weighted by Crippen LogP contribution is -2.24. The zero-order valence-electron chi connectivity index (χ0n) is 10.6. The van der Waals surface area contributed by atoms with E-state index in [4.69, 9.17) is 0 Å². The van der Waals surface area contributed by atoms with Crippen molar-refractivity contribution >= 4 is 0 Å². The summed E-state index contributed by atoms with van der Waals surface area (Å²) >= 11 is 0. The summed E-state index contributed by atoms with van der Waals surface area (Å²) < 4.78 is 38.2. The lowest BCUT2D eigenvalue weighted by molar-refractivity contribution is -0.137. The van der Waals surface area contributed by atoms with Crippen molar-refractivity contribution < 1.29 is 13.2 Å². The number of hydrogen-bond acceptors (Lipinski definition) is 2. The van der Waals surface area contributed by atoms with Crippen molar-refractivity contribution in [3.05, 3.63) is 59.7 Å². The molecule has 0 bridgehead atoms. The van der Waals surface area contributed by atoms with Crippen LogP contribution in [-0.2, 0) is 6.18 Å². The highest BCUT2D eigenvalue weighted by molar-refractivity contribution is 5.28. The standard InChI is InChI=1S/C15H13F3N2/c16-15(17,18)10-6-8-20-14(9-10)12-5-4-11(12)13-3-1-2-7-19-13/h1-3,6-9,11-12H,4-5H2. The molecule has 20 heavy (non-hydrogen) atoms. The van der Waals surface area contributed by atoms with Crippen LogP contribution in [0.1, 0.15) is 41.6 Å². The molecule has 0 spiro atoms. The minimum Gasteiger partial charge on any atom is -0.261 e. The summed E-state index contributed by atoms with van der Waals surface area (Å²) in [5.41, 5.74) is 0.818. The molecule has 1 fully saturated rings. The van der Waals surface area contributed by atoms with E-state index in [1.807, 2.05) is 18.2 Å². The average Bonchev–Trinajstić information content (AvgIpc) is 2.38. The number of alkyl halides is 3. The van der Waals surface area contributed by atoms with Crippen LogP contribution in [0.5, 0.6) is 0 Å². The minimum absolute atomic E-state index is 0.0344. The summed E-state index contributed by atoms with van der Waals surface area (Å²) in [6.07, 6.45) is 0.438. The molecule has 1 aliphatic carbocycles. The van der Waals surface area contributed by atoms with Gasteiger partial charge in [0.15, 0.2) is 0 Å². The number of rotatable bonds is 2. The first-order valence-corrected chi connectivity index (χ1v) is 6.50. The third-order valence-electron chi connectivity index (χ3n) is 3.83. The number of pyridine rings is 2. The molecule has 0 aromatic carbocycles. The maximum atomic E-state index is 12.7. The fourth-order valence-electron chi connectivity index (χ4n) is 2.63. The first-order chi connectivity index (χ1) is 9.55. The highest BCUT2D eigenvalue weighted by Gasteiger charge is 2.37. The second-order valence-electron chi connectivity index (χ2n) is 5.01. The van der Waals surface area contributed by atoms with Gasteiger partial charge in [-0.1, -0.05) is 6.07 Å². The van der Waals surface area contributed by atoms with E-state index in [0.717, 1.165) is 24.6 Å². The summed E-state index contributed by atoms with van der Waals surface area (Å²) in [5.74, 6) is 0.208. The Bertz CT molecular complexity index is 596. The lowest BCUT2D eigenvalue weighted by atomic mass is 9.70. The lowest BCUT2D eigenvalue weighted by Gasteiger charge is -2.36. The Labute approximate surface area is 114 Å². The van der Waals surface area contributed by atoms with Gasteiger partial charge in [-0.05, 0) is 37.1 Å². The van der Waals surface area contributed by atoms with Gasteiger partial charge in [-0.3, -0.25) is 9.97 Å². The highest BCUT2D eigenvalue weighted by atomic mass is 19.4. The van der Waals surface area contributed by atoms with E-state index in [1.165, 1.54) is 12.3 Å². The van der Waals surface area contributed by atoms with Crippen LogP contribution in [0.2, 0.25) is 0 Å². The topological polar surface area (TPSA) is 25.8 Å². The van der Waals surface area contributed by atoms with Gasteiger partial charge in [-0.15, -0.1) is 0 Å². The van der Waals surface area contributed by atoms with E-state index in [1.54, 1.807) is 6.20 Å². The Morgan fingerprint density at radius 2 is 1.60 bits per heavy atom. The second kappa shape index (κ2) is 4.89. The van der Waals surface area contributed by atoms with Crippen LogP contribution in [0.4, 0.5) is 13.2 Å². The summed E-state index contributed by atoms with van der Waals surface area (Å²) in [4.78, 5) is 8.42. The normalized spacial score (nSPS) is 22.4. The summed E-state index contributed by atoms with van der Waals surface area (Å²) in [5, 5.41) is 0. The van der Waals surface area contributed by atoms with Crippen molar-refractivity contribution in [3.8, 4) is 0 Å². The molecule has 3 rings (SSSR count). The van der Waals surface area contributed by atoms with Gasteiger partial charge in [0.2, 0.25) is 0 Å². The maximum Gasteiger partial charge on any atom is 0.416 e. The fourth-order valence-corrected chi connectivity index (χ4v) is 2.63. The zero-order valence-corrected chi connectivity index (χ0v) is 10.6. The first kappa shape index (κ1) is 13.1. The molecule has 0 N–H and O–H groups in total. The Kier molecular flexibility index (Phi) is 3.20. The molecule has 2 unspecified atom stereocenters. The van der Waals surface area contributed by atoms with E-state index in [0.29, 0.717) is 5.69 Å². The smallest absolute Gasteiger partial charge is 0.261 e. The van der Waals surface area contributed by atoms with E-state index < -0.39 is 11.7 Å². The molecule has 5 heteroatoms. The van der Waals surface area contributed by atoms with Gasteiger partial charge in [0, 0.05) is 35.6 Å². The molecule has 0 aliphatic heterocycles. The molecular formula is C15H13F3N2. The first-order valence-electron chi connectivity index (χ1n) is 6.50. The predicted octanol–water partition coefficient (Wildman–Crippen LogP) is 4.16. The quantitative estimate of drug-likeness (QED) is 0.824. The van der Waals surface area contributed by atoms with Gasteiger partial charge < -0.3 is 0 Å². The van der Waals surface area contributed by atoms with Gasteiger partial charge in [0.05, 0.1) is 5.56 Å². The van der Waals surface area contributed by atoms with Crippen LogP contribution >= 0.6 is 0 Å². The minimum atomic E-state index is -4.32. The molecule has 2 nitrogen and oxygen atoms in total. The molecule has 0 radical (unpaired) electrons. The molecule has 2 heterocycles. The van der Waals surface area contributed by atoms with Crippen molar-refractivity contribution in [2.75, 3.05) is 0 Å². The number of hydrogen-bond donors (Lipinski definition) is 0. The van der Waals surface area contributed by atoms with Crippen molar-refractivity contribution in [2.24, 2.45) is 0 Å². The highest BCUT2D eigenvalue weighted by Crippen LogP contribution is 2.48. The monoisotopic (exact) mass is 278 g/mol. The van der Waals surface area contributed by atoms with Crippen LogP contribution in [0, 0.1) is 0 Å². The van der Waals surface area contributed by atoms with E-state index in [2.05, 4.69) is 9.97 Å². The van der Waals surface area contributed by atoms with Gasteiger partial charge in [0.1, 0.15) is 0 Å². The van der Waals surface area contributed by atoms with Gasteiger partial charge >= 0.3 is 6.18 Å². The summed E-state index contributed by atoms with van der Waals surface area (Å²) in [6, 6.07) is 7.83. The van der Waals surface area contributed by atoms with Crippen molar-refractivity contribution in [3.63, 3.8) is 0 Å². The van der Waals surface area contributed by atoms with E-state index in [9.17, 15) is 13.2 Å². The molecule has 1 aliphatic rings. The number of nitrogens with zero attached hydrogens (tertiary/aromatic N) is 2. The van der Waals surface area contributed by atoms with Crippen LogP contribution in [0.3, 0.4) is 0 Å². The largest absolute Gasteiger partial charge is 0.416 e. The SMILES string of the molecule is FC(F)(F)c1ccnc(C2CCC2c2ccccn2)c1. The zero-order chi connectivity index (χ0) is 14.2. The van der Waals surface area contributed by atoms with Gasteiger partial charge in [-0.25, -0.2) is 0 Å². The van der Waals surface area contributed by atoms with Crippen molar-refractivity contribution in [1.29, 1.82) is 0 Å². The third-order valence-corrected chi connectivity index (χ3v) is 3.83. The average molecular weight is 278 g/mol. The number of aromatic nitrogens is 2. The Balaban J connectivity index is 1.87. The molecule has 1 saturated carbocycles. The predicted molar refractivity (Wildman–Crippen MR) is 68.2 cm³/mol. The molecule has 2 atom stereocenters. The molecular weight excluding hydrogens is 265 g/mol. The van der Waals surface area contributed by atoms with E-state index in [-0.39, 0.29) is 11.8 Å². The molecule has 0 amide bonds. The Morgan fingerprint density at radius 1 is 0.900 bits per heavy atom. The molecule has 0 saturated heterocycles. The van der Waals surface area contributed by atoms with Crippen LogP contribution in [0.15, 0.2) is 42.7 Å². The van der Waals surface area contributed by atoms with Crippen LogP contribution in [-0.4, -0.2) is 9.97 Å². The van der Waals surface area contributed by atoms with Gasteiger partial charge in [0.25, 0.3) is 0 Å². The molecule has 104 valence electrons. The van der Waals surface area contributed by atoms with E-state index >= 15 is 0 Å². The Morgan fingerprint density at radius 3 is 2.20 bits per heavy atom. The van der Waals surface area contributed by atoms with Crippen LogP contribution < -0.4 is 0 Å². The summed E-state index contributed by atoms with van der Waals surface area (Å²) in [7, 11) is 0. The summed E-state index contributed by atoms with van der Waals surface area (Å²) in [6.45, 7) is 0. The van der Waals surface area contributed by atoms with Crippen molar-refractivity contribution in [2.45, 2.75) is 30.9 Å². The second-order valence-corrected chi connectivity index (χ2v) is 5.01. The maximum absolute atomic E-state index is 12.7. The van der Waals surface area contributed by atoms with Crippen molar-refractivity contribution in [1.82, 2.24) is 9.97 Å². The molecule has 2 aromatic heterocycles. The third kappa shape index (κ3) is 2.40. The molecule has 2 aromatic rings. The van der Waals surface area contributed by atoms with Crippen LogP contribution in [0.25, 0.3) is 0 Å². The Hall–Kier alpha value is -1.91. The number of halogens is 3.